The SMILES string of the molecule is Cc1c(Cl)ccc(S(=O)(=O)N(CCc2ccccc2)CC(=O)NCC(=O)N(CCCN(C)C)Cc2ccc(C=NN)cc2)c1Cl. The average Bonchev–Trinajstić information content (AvgIpc) is 3.01. The first-order chi connectivity index (χ1) is 21.4. The van der Waals surface area contributed by atoms with Crippen molar-refractivity contribution in [2.75, 3.05) is 46.8 Å². The molecule has 0 fully saturated rings. The summed E-state index contributed by atoms with van der Waals surface area (Å²) in [6, 6.07) is 19.6. The van der Waals surface area contributed by atoms with Crippen LogP contribution >= 0.6 is 23.2 Å². The number of halogens is 2. The Hall–Kier alpha value is -3.48. The molecule has 0 aromatic heterocycles. The summed E-state index contributed by atoms with van der Waals surface area (Å²) in [5, 5.41) is 6.49. The fourth-order valence-corrected chi connectivity index (χ4v) is 6.72. The molecular weight excluding hydrogens is 635 g/mol. The van der Waals surface area contributed by atoms with Crippen molar-refractivity contribution in [3.05, 3.63) is 99.0 Å². The second-order valence-corrected chi connectivity index (χ2v) is 13.5. The summed E-state index contributed by atoms with van der Waals surface area (Å²) in [4.78, 5) is 30.1. The zero-order chi connectivity index (χ0) is 33.0. The lowest BCUT2D eigenvalue weighted by atomic mass is 10.1. The minimum Gasteiger partial charge on any atom is -0.346 e. The van der Waals surface area contributed by atoms with Crippen LogP contribution in [0, 0.1) is 6.92 Å². The number of hydrogen-bond donors (Lipinski definition) is 2. The van der Waals surface area contributed by atoms with Crippen LogP contribution in [0.3, 0.4) is 0 Å². The minimum atomic E-state index is -4.19. The summed E-state index contributed by atoms with van der Waals surface area (Å²) in [5.74, 6) is 4.33. The Morgan fingerprint density at radius 1 is 0.933 bits per heavy atom. The van der Waals surface area contributed by atoms with E-state index in [1.54, 1.807) is 11.8 Å². The maximum absolute atomic E-state index is 13.8. The van der Waals surface area contributed by atoms with Gasteiger partial charge in [-0.15, -0.1) is 0 Å². The van der Waals surface area contributed by atoms with Crippen molar-refractivity contribution in [1.29, 1.82) is 0 Å². The molecule has 0 saturated carbocycles. The lowest BCUT2D eigenvalue weighted by Crippen LogP contribution is -2.45. The number of nitrogens with two attached hydrogens (primary N) is 1. The van der Waals surface area contributed by atoms with Gasteiger partial charge in [0, 0.05) is 24.7 Å². The molecule has 242 valence electrons. The summed E-state index contributed by atoms with van der Waals surface area (Å²) in [7, 11) is -0.278. The van der Waals surface area contributed by atoms with Crippen molar-refractivity contribution in [3.8, 4) is 0 Å². The summed E-state index contributed by atoms with van der Waals surface area (Å²) in [6.07, 6.45) is 2.63. The predicted octanol–water partition coefficient (Wildman–Crippen LogP) is 3.92. The predicted molar refractivity (Wildman–Crippen MR) is 180 cm³/mol. The zero-order valence-corrected chi connectivity index (χ0v) is 28.1. The number of amides is 2. The van der Waals surface area contributed by atoms with Gasteiger partial charge >= 0.3 is 0 Å². The Morgan fingerprint density at radius 3 is 2.27 bits per heavy atom. The number of sulfonamides is 1. The molecule has 10 nitrogen and oxygen atoms in total. The third-order valence-corrected chi connectivity index (χ3v) is 10.0. The summed E-state index contributed by atoms with van der Waals surface area (Å²) in [6.45, 7) is 2.47. The van der Waals surface area contributed by atoms with Crippen molar-refractivity contribution in [2.45, 2.75) is 31.2 Å². The molecule has 0 aliphatic carbocycles. The number of hydrogen-bond acceptors (Lipinski definition) is 7. The van der Waals surface area contributed by atoms with Gasteiger partial charge in [-0.25, -0.2) is 8.42 Å². The fourth-order valence-electron chi connectivity index (χ4n) is 4.55. The topological polar surface area (TPSA) is 128 Å². The van der Waals surface area contributed by atoms with Gasteiger partial charge in [-0.05, 0) is 74.8 Å². The first-order valence-electron chi connectivity index (χ1n) is 14.4. The van der Waals surface area contributed by atoms with Crippen LogP contribution in [-0.4, -0.2) is 87.4 Å². The van der Waals surface area contributed by atoms with Crippen LogP contribution in [0.1, 0.15) is 28.7 Å². The van der Waals surface area contributed by atoms with Crippen LogP contribution in [0.2, 0.25) is 10.0 Å². The molecule has 0 bridgehead atoms. The number of benzene rings is 3. The van der Waals surface area contributed by atoms with Crippen LogP contribution < -0.4 is 11.2 Å². The average molecular weight is 676 g/mol. The van der Waals surface area contributed by atoms with Crippen LogP contribution in [0.25, 0.3) is 0 Å². The van der Waals surface area contributed by atoms with Gasteiger partial charge in [-0.1, -0.05) is 77.8 Å². The highest BCUT2D eigenvalue weighted by atomic mass is 35.5. The van der Waals surface area contributed by atoms with Crippen molar-refractivity contribution < 1.29 is 18.0 Å². The van der Waals surface area contributed by atoms with Gasteiger partial charge in [-0.2, -0.15) is 9.41 Å². The molecule has 0 spiro atoms. The molecule has 45 heavy (non-hydrogen) atoms. The first-order valence-corrected chi connectivity index (χ1v) is 16.6. The molecule has 0 unspecified atom stereocenters. The van der Waals surface area contributed by atoms with E-state index in [2.05, 4.69) is 10.4 Å². The van der Waals surface area contributed by atoms with Crippen molar-refractivity contribution >= 4 is 51.3 Å². The Balaban J connectivity index is 1.74. The summed E-state index contributed by atoms with van der Waals surface area (Å²) in [5.41, 5.74) is 3.07. The third-order valence-electron chi connectivity index (χ3n) is 7.11. The molecule has 0 aliphatic rings. The standard InChI is InChI=1S/C32H40Cl2N6O4S/c1-24-28(33)14-15-29(32(24)34)45(43,44)40(19-16-25-8-5-4-6-9-25)23-30(41)36-21-31(42)39(18-7-17-38(2)3)22-27-12-10-26(11-13-27)20-37-35/h4-6,8-15,20H,7,16-19,21-23,35H2,1-3H3,(H,36,41). The van der Waals surface area contributed by atoms with Crippen LogP contribution in [0.5, 0.6) is 0 Å². The smallest absolute Gasteiger partial charge is 0.245 e. The molecule has 0 saturated heterocycles. The van der Waals surface area contributed by atoms with Crippen molar-refractivity contribution in [1.82, 2.24) is 19.4 Å². The highest BCUT2D eigenvalue weighted by Crippen LogP contribution is 2.32. The molecule has 3 aromatic carbocycles. The maximum atomic E-state index is 13.8. The van der Waals surface area contributed by atoms with Crippen molar-refractivity contribution in [3.63, 3.8) is 0 Å². The Bertz CT molecular complexity index is 1570. The van der Waals surface area contributed by atoms with Crippen molar-refractivity contribution in [2.24, 2.45) is 10.9 Å². The number of hydrazone groups is 1. The van der Waals surface area contributed by atoms with E-state index in [1.165, 1.54) is 18.3 Å². The molecule has 2 amide bonds. The first kappa shape index (κ1) is 36.0. The Morgan fingerprint density at radius 2 is 1.62 bits per heavy atom. The van der Waals surface area contributed by atoms with Gasteiger partial charge in [0.05, 0.1) is 24.3 Å². The fraction of sp³-hybridized carbons (Fsp3) is 0.344. The number of nitrogens with zero attached hydrogens (tertiary/aromatic N) is 4. The number of carbonyl (C=O) groups excluding carboxylic acids is 2. The highest BCUT2D eigenvalue weighted by molar-refractivity contribution is 7.89. The van der Waals surface area contributed by atoms with E-state index in [0.29, 0.717) is 30.1 Å². The molecule has 0 heterocycles. The maximum Gasteiger partial charge on any atom is 0.245 e. The Labute approximate surface area is 275 Å². The van der Waals surface area contributed by atoms with Gasteiger partial charge in [0.15, 0.2) is 0 Å². The molecule has 3 rings (SSSR count). The van der Waals surface area contributed by atoms with E-state index in [0.717, 1.165) is 34.0 Å². The molecule has 0 aliphatic heterocycles. The summed E-state index contributed by atoms with van der Waals surface area (Å²) < 4.78 is 28.6. The van der Waals surface area contributed by atoms with E-state index in [-0.39, 0.29) is 28.9 Å². The number of rotatable bonds is 16. The van der Waals surface area contributed by atoms with Gasteiger partial charge in [0.2, 0.25) is 21.8 Å². The van der Waals surface area contributed by atoms with E-state index < -0.39 is 22.5 Å². The molecule has 3 aromatic rings. The normalized spacial score (nSPS) is 11.8. The third kappa shape index (κ3) is 10.8. The largest absolute Gasteiger partial charge is 0.346 e. The molecule has 3 N–H and O–H groups in total. The lowest BCUT2D eigenvalue weighted by molar-refractivity contribution is -0.133. The summed E-state index contributed by atoms with van der Waals surface area (Å²) >= 11 is 12.6. The Kier molecular flexibility index (Phi) is 13.8. The van der Waals surface area contributed by atoms with Crippen LogP contribution in [-0.2, 0) is 32.6 Å². The quantitative estimate of drug-likeness (QED) is 0.135. The molecule has 13 heteroatoms. The zero-order valence-electron chi connectivity index (χ0n) is 25.7. The molecule has 0 atom stereocenters. The van der Waals surface area contributed by atoms with E-state index in [4.69, 9.17) is 29.0 Å². The second-order valence-electron chi connectivity index (χ2n) is 10.8. The second kappa shape index (κ2) is 17.3. The number of nitrogens with one attached hydrogen (secondary N) is 1. The monoisotopic (exact) mass is 674 g/mol. The molecule has 0 radical (unpaired) electrons. The van der Waals surface area contributed by atoms with Gasteiger partial charge < -0.3 is 21.0 Å². The van der Waals surface area contributed by atoms with Crippen LogP contribution in [0.15, 0.2) is 76.7 Å². The van der Waals surface area contributed by atoms with Gasteiger partial charge in [-0.3, -0.25) is 9.59 Å². The van der Waals surface area contributed by atoms with Gasteiger partial charge in [0.25, 0.3) is 0 Å². The highest BCUT2D eigenvalue weighted by Gasteiger charge is 2.30. The van der Waals surface area contributed by atoms with Crippen LogP contribution in [0.4, 0.5) is 0 Å². The van der Waals surface area contributed by atoms with E-state index in [9.17, 15) is 18.0 Å². The van der Waals surface area contributed by atoms with E-state index in [1.807, 2.05) is 73.6 Å². The van der Waals surface area contributed by atoms with Gasteiger partial charge in [0.1, 0.15) is 4.90 Å². The minimum absolute atomic E-state index is 0.000455. The van der Waals surface area contributed by atoms with E-state index >= 15 is 0 Å². The lowest BCUT2D eigenvalue weighted by Gasteiger charge is -2.25. The number of carbonyl (C=O) groups is 2. The molecular formula is C32H40Cl2N6O4S.